The Morgan fingerprint density at radius 1 is 1.10 bits per heavy atom. The van der Waals surface area contributed by atoms with E-state index >= 15 is 0 Å². The molecular formula is C23H24NO7+. The van der Waals surface area contributed by atoms with Crippen LogP contribution in [0.15, 0.2) is 36.5 Å². The van der Waals surface area contributed by atoms with Crippen LogP contribution in [0.5, 0.6) is 23.0 Å². The van der Waals surface area contributed by atoms with Crippen LogP contribution < -0.4 is 23.5 Å². The minimum atomic E-state index is -1.27. The van der Waals surface area contributed by atoms with Crippen molar-refractivity contribution >= 4 is 10.8 Å². The number of aliphatic hydroxyl groups excluding tert-OH is 3. The molecule has 0 amide bonds. The molecule has 0 saturated heterocycles. The van der Waals surface area contributed by atoms with Gasteiger partial charge in [0.2, 0.25) is 12.5 Å². The lowest BCUT2D eigenvalue weighted by Gasteiger charge is -2.20. The topological polar surface area (TPSA) is 101 Å². The Balaban J connectivity index is 1.57. The van der Waals surface area contributed by atoms with Crippen LogP contribution in [0.4, 0.5) is 0 Å². The highest BCUT2D eigenvalue weighted by Gasteiger charge is 2.29. The van der Waals surface area contributed by atoms with Gasteiger partial charge < -0.3 is 34.3 Å². The van der Waals surface area contributed by atoms with Crippen LogP contribution in [0.1, 0.15) is 5.56 Å². The highest BCUT2D eigenvalue weighted by Crippen LogP contribution is 2.41. The zero-order valence-corrected chi connectivity index (χ0v) is 17.1. The lowest BCUT2D eigenvalue weighted by atomic mass is 9.95. The number of aliphatic hydroxyl groups is 3. The van der Waals surface area contributed by atoms with E-state index in [2.05, 4.69) is 16.7 Å². The molecule has 0 aliphatic carbocycles. The van der Waals surface area contributed by atoms with Gasteiger partial charge in [-0.2, -0.15) is 4.57 Å². The van der Waals surface area contributed by atoms with E-state index in [0.29, 0.717) is 11.5 Å². The molecule has 3 aromatic rings. The van der Waals surface area contributed by atoms with Crippen molar-refractivity contribution in [1.29, 1.82) is 0 Å². The van der Waals surface area contributed by atoms with Crippen molar-refractivity contribution in [2.75, 3.05) is 27.1 Å². The molecule has 3 N–H and O–H groups in total. The molecule has 0 bridgehead atoms. The van der Waals surface area contributed by atoms with Crippen molar-refractivity contribution in [3.63, 3.8) is 0 Å². The van der Waals surface area contributed by atoms with Crippen LogP contribution in [-0.2, 0) is 13.0 Å². The van der Waals surface area contributed by atoms with Gasteiger partial charge in [-0.3, -0.25) is 0 Å². The van der Waals surface area contributed by atoms with Crippen molar-refractivity contribution in [2.24, 2.45) is 0 Å². The van der Waals surface area contributed by atoms with E-state index in [0.717, 1.165) is 46.5 Å². The lowest BCUT2D eigenvalue weighted by molar-refractivity contribution is -0.686. The summed E-state index contributed by atoms with van der Waals surface area (Å²) < 4.78 is 24.6. The fraction of sp³-hybridized carbons (Fsp3) is 0.348. The molecule has 162 valence electrons. The number of benzene rings is 2. The fourth-order valence-electron chi connectivity index (χ4n) is 4.11. The smallest absolute Gasteiger partial charge is 0.231 e. The highest BCUT2D eigenvalue weighted by atomic mass is 16.7. The molecule has 31 heavy (non-hydrogen) atoms. The number of fused-ring (bicyclic) bond motifs is 5. The van der Waals surface area contributed by atoms with E-state index in [-0.39, 0.29) is 13.4 Å². The average molecular weight is 426 g/mol. The zero-order valence-electron chi connectivity index (χ0n) is 17.1. The Bertz CT molecular complexity index is 1150. The summed E-state index contributed by atoms with van der Waals surface area (Å²) in [5.74, 6) is 2.55. The van der Waals surface area contributed by atoms with Gasteiger partial charge in [-0.15, -0.1) is 0 Å². The Morgan fingerprint density at radius 3 is 2.68 bits per heavy atom. The van der Waals surface area contributed by atoms with E-state index < -0.39 is 18.8 Å². The van der Waals surface area contributed by atoms with E-state index in [1.165, 1.54) is 5.56 Å². The van der Waals surface area contributed by atoms with Gasteiger partial charge in [0.15, 0.2) is 35.7 Å². The zero-order chi connectivity index (χ0) is 21.5. The monoisotopic (exact) mass is 426 g/mol. The maximum atomic E-state index is 9.99. The summed E-state index contributed by atoms with van der Waals surface area (Å²) in [6.45, 7) is 0.317. The van der Waals surface area contributed by atoms with Crippen LogP contribution in [0.2, 0.25) is 0 Å². The van der Waals surface area contributed by atoms with Crippen molar-refractivity contribution in [2.45, 2.75) is 25.2 Å². The second-order valence-electron chi connectivity index (χ2n) is 7.69. The SMILES string of the molecule is COc1ccc2cc3[n+](cc2c1OC[C@H](O)[C@H](O)CO)CCc1cc2c(cc1-3)OCO2. The number of nitrogens with zero attached hydrogens (tertiary/aromatic N) is 1. The molecule has 2 aliphatic heterocycles. The molecule has 2 aliphatic rings. The summed E-state index contributed by atoms with van der Waals surface area (Å²) in [5, 5.41) is 30.4. The number of hydrogen-bond acceptors (Lipinski definition) is 7. The van der Waals surface area contributed by atoms with Crippen molar-refractivity contribution < 1.29 is 38.8 Å². The summed E-state index contributed by atoms with van der Waals surface area (Å²) in [6.07, 6.45) is 0.390. The van der Waals surface area contributed by atoms with Gasteiger partial charge in [0.25, 0.3) is 0 Å². The fourth-order valence-corrected chi connectivity index (χ4v) is 4.11. The quantitative estimate of drug-likeness (QED) is 0.509. The minimum absolute atomic E-state index is 0.175. The number of aromatic nitrogens is 1. The molecule has 8 heteroatoms. The molecule has 5 rings (SSSR count). The minimum Gasteiger partial charge on any atom is -0.493 e. The Labute approximate surface area is 178 Å². The Hall–Kier alpha value is -3.07. The molecule has 8 nitrogen and oxygen atoms in total. The standard InChI is InChI=1S/C23H24NO7/c1-28-20-3-2-13-6-17-15-8-22-21(30-12-31-22)7-14(15)4-5-24(17)9-16(13)23(20)29-11-19(27)18(26)10-25/h2-3,6-9,18-19,25-27H,4-5,10-12H2,1H3/q+1/t18-,19+/m1/s1. The molecule has 1 aromatic heterocycles. The maximum Gasteiger partial charge on any atom is 0.231 e. The van der Waals surface area contributed by atoms with E-state index in [9.17, 15) is 10.2 Å². The number of ether oxygens (including phenoxy) is 4. The molecule has 2 aromatic carbocycles. The summed E-state index contributed by atoms with van der Waals surface area (Å²) in [7, 11) is 1.55. The van der Waals surface area contributed by atoms with Crippen molar-refractivity contribution in [3.05, 3.63) is 42.1 Å². The maximum absolute atomic E-state index is 9.99. The van der Waals surface area contributed by atoms with Gasteiger partial charge in [0.05, 0.1) is 24.7 Å². The van der Waals surface area contributed by atoms with Gasteiger partial charge in [0.1, 0.15) is 18.8 Å². The lowest BCUT2D eigenvalue weighted by Crippen LogP contribution is -2.40. The normalized spacial score (nSPS) is 15.9. The van der Waals surface area contributed by atoms with Gasteiger partial charge in [-0.05, 0) is 35.2 Å². The number of hydrogen-bond donors (Lipinski definition) is 3. The summed E-state index contributed by atoms with van der Waals surface area (Å²) in [5.41, 5.74) is 3.39. The van der Waals surface area contributed by atoms with Gasteiger partial charge in [0, 0.05) is 12.5 Å². The summed E-state index contributed by atoms with van der Waals surface area (Å²) in [4.78, 5) is 0. The molecular weight excluding hydrogens is 402 g/mol. The molecule has 0 fully saturated rings. The first kappa shape index (κ1) is 19.9. The van der Waals surface area contributed by atoms with E-state index in [1.54, 1.807) is 7.11 Å². The molecule has 0 radical (unpaired) electrons. The number of rotatable bonds is 6. The molecule has 2 atom stereocenters. The summed E-state index contributed by atoms with van der Waals surface area (Å²) >= 11 is 0. The van der Waals surface area contributed by atoms with Crippen LogP contribution in [0.25, 0.3) is 22.0 Å². The molecule has 0 unspecified atom stereocenters. The predicted molar refractivity (Wildman–Crippen MR) is 111 cm³/mol. The number of pyridine rings is 1. The predicted octanol–water partition coefficient (Wildman–Crippen LogP) is 1.18. The number of aryl methyl sites for hydroxylation is 2. The van der Waals surface area contributed by atoms with E-state index in [1.807, 2.05) is 24.4 Å². The van der Waals surface area contributed by atoms with Crippen LogP contribution >= 0.6 is 0 Å². The second-order valence-corrected chi connectivity index (χ2v) is 7.69. The van der Waals surface area contributed by atoms with Crippen molar-refractivity contribution in [1.82, 2.24) is 0 Å². The first-order chi connectivity index (χ1) is 15.1. The van der Waals surface area contributed by atoms with Crippen LogP contribution in [0, 0.1) is 0 Å². The Morgan fingerprint density at radius 2 is 1.90 bits per heavy atom. The third-order valence-corrected chi connectivity index (χ3v) is 5.83. The van der Waals surface area contributed by atoms with Gasteiger partial charge in [-0.1, -0.05) is 0 Å². The third-order valence-electron chi connectivity index (χ3n) is 5.83. The molecule has 0 saturated carbocycles. The number of methoxy groups -OCH3 is 1. The van der Waals surface area contributed by atoms with E-state index in [4.69, 9.17) is 24.1 Å². The van der Waals surface area contributed by atoms with Crippen LogP contribution in [0.3, 0.4) is 0 Å². The van der Waals surface area contributed by atoms with Crippen LogP contribution in [-0.4, -0.2) is 54.6 Å². The van der Waals surface area contributed by atoms with Gasteiger partial charge in [-0.25, -0.2) is 0 Å². The first-order valence-corrected chi connectivity index (χ1v) is 10.2. The van der Waals surface area contributed by atoms with Gasteiger partial charge >= 0.3 is 0 Å². The molecule has 0 spiro atoms. The second kappa shape index (κ2) is 7.88. The largest absolute Gasteiger partial charge is 0.493 e. The van der Waals surface area contributed by atoms with Crippen molar-refractivity contribution in [3.8, 4) is 34.3 Å². The molecule has 3 heterocycles. The highest BCUT2D eigenvalue weighted by molar-refractivity contribution is 5.91. The average Bonchev–Trinajstić information content (AvgIpc) is 3.26. The first-order valence-electron chi connectivity index (χ1n) is 10.2. The Kier molecular flexibility index (Phi) is 5.05. The summed E-state index contributed by atoms with van der Waals surface area (Å²) in [6, 6.07) is 9.96. The third kappa shape index (κ3) is 3.42.